The number of ether oxygens (including phenoxy) is 4. The minimum absolute atomic E-state index is 0.179. The zero-order valence-electron chi connectivity index (χ0n) is 22.1. The first-order chi connectivity index (χ1) is 18.9. The second kappa shape index (κ2) is 12.8. The molecule has 1 aromatic carbocycles. The van der Waals surface area contributed by atoms with Crippen molar-refractivity contribution in [3.63, 3.8) is 0 Å². The quantitative estimate of drug-likeness (QED) is 0.225. The van der Waals surface area contributed by atoms with Crippen LogP contribution in [0.15, 0.2) is 30.9 Å². The topological polar surface area (TPSA) is 167 Å². The molecule has 1 saturated heterocycles. The highest BCUT2D eigenvalue weighted by atomic mass is 16.6. The predicted molar refractivity (Wildman–Crippen MR) is 138 cm³/mol. The number of aliphatic hydroxyl groups is 2. The molecule has 0 bridgehead atoms. The summed E-state index contributed by atoms with van der Waals surface area (Å²) in [6.07, 6.45) is 0.254. The number of fused-ring (bicyclic) bond motifs is 1. The molecule has 0 radical (unpaired) electrons. The van der Waals surface area contributed by atoms with Crippen molar-refractivity contribution in [2.24, 2.45) is 0 Å². The lowest BCUT2D eigenvalue weighted by Gasteiger charge is -2.16. The molecule has 0 spiro atoms. The summed E-state index contributed by atoms with van der Waals surface area (Å²) in [4.78, 5) is 36.5. The van der Waals surface area contributed by atoms with Crippen molar-refractivity contribution in [1.82, 2.24) is 19.5 Å². The van der Waals surface area contributed by atoms with E-state index < -0.39 is 30.5 Å². The third kappa shape index (κ3) is 6.44. The van der Waals surface area contributed by atoms with Crippen molar-refractivity contribution < 1.29 is 38.7 Å². The summed E-state index contributed by atoms with van der Waals surface area (Å²) < 4.78 is 23.3. The SMILES string of the molecule is CCCC(=O)OC[C@H]1O[C@@H](n2cnc3c(NCc4ccc(OC(=O)CCC)c(OC)c4)ncnc32)[C@@H](O)C1O. The number of aromatic nitrogens is 4. The van der Waals surface area contributed by atoms with Gasteiger partial charge in [-0.1, -0.05) is 19.9 Å². The van der Waals surface area contributed by atoms with Gasteiger partial charge < -0.3 is 34.5 Å². The van der Waals surface area contributed by atoms with E-state index in [-0.39, 0.29) is 19.0 Å². The van der Waals surface area contributed by atoms with Crippen LogP contribution in [0.2, 0.25) is 0 Å². The first-order valence-corrected chi connectivity index (χ1v) is 12.8. The molecule has 1 unspecified atom stereocenters. The number of anilines is 1. The van der Waals surface area contributed by atoms with Crippen LogP contribution in [0.3, 0.4) is 0 Å². The monoisotopic (exact) mass is 543 g/mol. The summed E-state index contributed by atoms with van der Waals surface area (Å²) in [6, 6.07) is 5.24. The Kier molecular flexibility index (Phi) is 9.28. The van der Waals surface area contributed by atoms with Crippen LogP contribution >= 0.6 is 0 Å². The van der Waals surface area contributed by atoms with Crippen LogP contribution in [-0.2, 0) is 25.6 Å². The van der Waals surface area contributed by atoms with Gasteiger partial charge in [0.1, 0.15) is 31.2 Å². The van der Waals surface area contributed by atoms with Crippen LogP contribution in [0.25, 0.3) is 11.2 Å². The van der Waals surface area contributed by atoms with E-state index in [9.17, 15) is 19.8 Å². The van der Waals surface area contributed by atoms with Gasteiger partial charge in [-0.2, -0.15) is 0 Å². The molecule has 13 nitrogen and oxygen atoms in total. The van der Waals surface area contributed by atoms with E-state index >= 15 is 0 Å². The molecule has 210 valence electrons. The molecular weight excluding hydrogens is 510 g/mol. The minimum Gasteiger partial charge on any atom is -0.493 e. The van der Waals surface area contributed by atoms with E-state index in [2.05, 4.69) is 20.3 Å². The fraction of sp³-hybridized carbons (Fsp3) is 0.500. The summed E-state index contributed by atoms with van der Waals surface area (Å²) in [5, 5.41) is 24.3. The van der Waals surface area contributed by atoms with Gasteiger partial charge in [-0.25, -0.2) is 15.0 Å². The summed E-state index contributed by atoms with van der Waals surface area (Å²) in [6.45, 7) is 3.93. The summed E-state index contributed by atoms with van der Waals surface area (Å²) in [7, 11) is 1.50. The number of imidazole rings is 1. The second-order valence-corrected chi connectivity index (χ2v) is 9.09. The Labute approximate surface area is 225 Å². The van der Waals surface area contributed by atoms with Crippen molar-refractivity contribution in [3.8, 4) is 11.5 Å². The molecular formula is C26H33N5O8. The number of nitrogens with zero attached hydrogens (tertiary/aromatic N) is 4. The molecule has 13 heteroatoms. The molecule has 1 aliphatic rings. The number of aliphatic hydroxyl groups excluding tert-OH is 2. The number of rotatable bonds is 12. The summed E-state index contributed by atoms with van der Waals surface area (Å²) >= 11 is 0. The molecule has 4 atom stereocenters. The van der Waals surface area contributed by atoms with Gasteiger partial charge in [0.15, 0.2) is 34.7 Å². The minimum atomic E-state index is -1.29. The van der Waals surface area contributed by atoms with E-state index in [1.54, 1.807) is 18.2 Å². The molecule has 2 aromatic heterocycles. The maximum atomic E-state index is 11.9. The van der Waals surface area contributed by atoms with Crippen LogP contribution in [0.4, 0.5) is 5.82 Å². The molecule has 4 rings (SSSR count). The van der Waals surface area contributed by atoms with Gasteiger partial charge in [-0.15, -0.1) is 0 Å². The van der Waals surface area contributed by atoms with Crippen molar-refractivity contribution in [2.45, 2.75) is 70.6 Å². The van der Waals surface area contributed by atoms with E-state index in [0.29, 0.717) is 54.3 Å². The van der Waals surface area contributed by atoms with Gasteiger partial charge in [0.05, 0.1) is 13.4 Å². The molecule has 0 aliphatic carbocycles. The molecule has 1 aliphatic heterocycles. The standard InChI is InChI=1S/C26H33N5O8/c1-4-6-19(32)37-12-18-22(34)23(35)26(39-18)31-14-30-21-24(28-13-29-25(21)31)27-11-15-8-9-16(17(10-15)36-3)38-20(33)7-5-2/h8-10,13-14,18,22-23,26,34-35H,4-7,11-12H2,1-3H3,(H,27,28,29)/t18-,22?,23+,26-/m1/s1. The van der Waals surface area contributed by atoms with Crippen LogP contribution in [-0.4, -0.2) is 73.7 Å². The lowest BCUT2D eigenvalue weighted by atomic mass is 10.1. The molecule has 1 fully saturated rings. The average molecular weight is 544 g/mol. The van der Waals surface area contributed by atoms with Gasteiger partial charge in [-0.05, 0) is 30.5 Å². The Morgan fingerprint density at radius 1 is 1.05 bits per heavy atom. The molecule has 3 N–H and O–H groups in total. The Morgan fingerprint density at radius 2 is 1.82 bits per heavy atom. The van der Waals surface area contributed by atoms with Crippen molar-refractivity contribution in [1.29, 1.82) is 0 Å². The highest BCUT2D eigenvalue weighted by Gasteiger charge is 2.45. The van der Waals surface area contributed by atoms with Crippen molar-refractivity contribution >= 4 is 28.9 Å². The largest absolute Gasteiger partial charge is 0.493 e. The number of hydrogen-bond acceptors (Lipinski definition) is 12. The zero-order valence-corrected chi connectivity index (χ0v) is 22.1. The number of benzene rings is 1. The molecule has 39 heavy (non-hydrogen) atoms. The normalized spacial score (nSPS) is 20.6. The second-order valence-electron chi connectivity index (χ2n) is 9.09. The fourth-order valence-corrected chi connectivity index (χ4v) is 4.19. The number of carbonyl (C=O) groups excluding carboxylic acids is 2. The smallest absolute Gasteiger partial charge is 0.311 e. The number of nitrogens with one attached hydrogen (secondary N) is 1. The summed E-state index contributed by atoms with van der Waals surface area (Å²) in [5.41, 5.74) is 1.65. The Morgan fingerprint density at radius 3 is 2.56 bits per heavy atom. The third-order valence-corrected chi connectivity index (χ3v) is 6.20. The van der Waals surface area contributed by atoms with Crippen LogP contribution in [0.5, 0.6) is 11.5 Å². The molecule has 0 saturated carbocycles. The maximum absolute atomic E-state index is 11.9. The predicted octanol–water partition coefficient (Wildman–Crippen LogP) is 2.12. The van der Waals surface area contributed by atoms with Crippen LogP contribution < -0.4 is 14.8 Å². The molecule has 0 amide bonds. The van der Waals surface area contributed by atoms with Gasteiger partial charge >= 0.3 is 11.9 Å². The van der Waals surface area contributed by atoms with Gasteiger partial charge in [0, 0.05) is 19.4 Å². The van der Waals surface area contributed by atoms with Crippen LogP contribution in [0.1, 0.15) is 51.3 Å². The highest BCUT2D eigenvalue weighted by Crippen LogP contribution is 2.33. The lowest BCUT2D eigenvalue weighted by molar-refractivity contribution is -0.150. The molecule has 3 aromatic rings. The Balaban J connectivity index is 1.46. The lowest BCUT2D eigenvalue weighted by Crippen LogP contribution is -2.34. The van der Waals surface area contributed by atoms with Crippen molar-refractivity contribution in [2.75, 3.05) is 19.0 Å². The third-order valence-electron chi connectivity index (χ3n) is 6.20. The molecule has 3 heterocycles. The van der Waals surface area contributed by atoms with Gasteiger partial charge in [0.25, 0.3) is 0 Å². The highest BCUT2D eigenvalue weighted by molar-refractivity contribution is 5.82. The number of carbonyl (C=O) groups is 2. The van der Waals surface area contributed by atoms with E-state index in [0.717, 1.165) is 5.56 Å². The fourth-order valence-electron chi connectivity index (χ4n) is 4.19. The number of methoxy groups -OCH3 is 1. The van der Waals surface area contributed by atoms with E-state index in [4.69, 9.17) is 18.9 Å². The maximum Gasteiger partial charge on any atom is 0.311 e. The summed E-state index contributed by atoms with van der Waals surface area (Å²) in [5.74, 6) is 0.491. The first kappa shape index (κ1) is 28.2. The Hall–Kier alpha value is -3.81. The average Bonchev–Trinajstić information content (AvgIpc) is 3.48. The zero-order chi connectivity index (χ0) is 27.9. The number of hydrogen-bond donors (Lipinski definition) is 3. The van der Waals surface area contributed by atoms with E-state index in [1.807, 2.05) is 13.8 Å². The first-order valence-electron chi connectivity index (χ1n) is 12.8. The van der Waals surface area contributed by atoms with Crippen LogP contribution in [0, 0.1) is 0 Å². The van der Waals surface area contributed by atoms with Gasteiger partial charge in [0.2, 0.25) is 0 Å². The number of esters is 2. The Bertz CT molecular complexity index is 1300. The van der Waals surface area contributed by atoms with E-state index in [1.165, 1.54) is 24.3 Å². The van der Waals surface area contributed by atoms with Crippen molar-refractivity contribution in [3.05, 3.63) is 36.4 Å². The van der Waals surface area contributed by atoms with Gasteiger partial charge in [-0.3, -0.25) is 14.2 Å².